The predicted molar refractivity (Wildman–Crippen MR) is 231 cm³/mol. The lowest BCUT2D eigenvalue weighted by Crippen LogP contribution is -2.37. The third-order valence-electron chi connectivity index (χ3n) is 7.82. The van der Waals surface area contributed by atoms with Crippen molar-refractivity contribution in [3.8, 4) is 0 Å². The zero-order valence-electron chi connectivity index (χ0n) is 35.1. The Hall–Kier alpha value is -2.84. The molecule has 0 rings (SSSR count). The van der Waals surface area contributed by atoms with Crippen LogP contribution < -0.4 is 4.89 Å². The van der Waals surface area contributed by atoms with Gasteiger partial charge in [-0.05, 0) is 89.9 Å². The van der Waals surface area contributed by atoms with Crippen molar-refractivity contribution in [3.63, 3.8) is 0 Å². The Balaban J connectivity index is 4.44. The van der Waals surface area contributed by atoms with Gasteiger partial charge in [-0.15, -0.1) is 0 Å². The molecule has 0 aliphatic carbocycles. The Labute approximate surface area is 336 Å². The lowest BCUT2D eigenvalue weighted by atomic mass is 10.1. The Morgan fingerprint density at radius 1 is 0.564 bits per heavy atom. The first-order chi connectivity index (χ1) is 26.6. The fraction of sp³-hybridized carbons (Fsp3) is 0.587. The van der Waals surface area contributed by atoms with E-state index in [4.69, 9.17) is 18.5 Å². The number of quaternary nitrogens is 1. The topological polar surface area (TPSA) is 94.1 Å². The maximum atomic E-state index is 12.6. The normalized spacial score (nSPS) is 14.9. The number of hydrogen-bond acceptors (Lipinski definition) is 7. The summed E-state index contributed by atoms with van der Waals surface area (Å²) in [5.74, 6) is -0.389. The molecule has 0 radical (unpaired) electrons. The second-order valence-electron chi connectivity index (χ2n) is 14.2. The van der Waals surface area contributed by atoms with E-state index in [1.165, 1.54) is 0 Å². The van der Waals surface area contributed by atoms with E-state index in [-0.39, 0.29) is 32.2 Å². The number of phosphoric acid groups is 1. The Kier molecular flexibility index (Phi) is 36.1. The number of nitrogens with zero attached hydrogens (tertiary/aromatic N) is 1. The van der Waals surface area contributed by atoms with Gasteiger partial charge in [0.1, 0.15) is 19.3 Å². The van der Waals surface area contributed by atoms with Gasteiger partial charge in [0.05, 0.1) is 34.4 Å². The van der Waals surface area contributed by atoms with E-state index in [9.17, 15) is 14.3 Å². The molecule has 9 heteroatoms. The van der Waals surface area contributed by atoms with E-state index in [2.05, 4.69) is 123 Å². The number of phosphoric ester groups is 1. The molecule has 0 aliphatic rings. The van der Waals surface area contributed by atoms with E-state index in [1.54, 1.807) is 0 Å². The highest BCUT2D eigenvalue weighted by molar-refractivity contribution is 7.45. The average Bonchev–Trinajstić information content (AvgIpc) is 3.13. The third-order valence-corrected chi connectivity index (χ3v) is 8.78. The maximum Gasteiger partial charge on any atom is 0.306 e. The van der Waals surface area contributed by atoms with Crippen LogP contribution in [0, 0.1) is 0 Å². The molecule has 0 heterocycles. The van der Waals surface area contributed by atoms with Crippen LogP contribution in [0.1, 0.15) is 117 Å². The van der Waals surface area contributed by atoms with Gasteiger partial charge in [0.15, 0.2) is 0 Å². The Morgan fingerprint density at radius 3 is 1.45 bits per heavy atom. The smallest absolute Gasteiger partial charge is 0.306 e. The van der Waals surface area contributed by atoms with E-state index in [0.717, 1.165) is 89.9 Å². The summed E-state index contributed by atoms with van der Waals surface area (Å²) in [5, 5.41) is 0. The molecule has 8 nitrogen and oxygen atoms in total. The Morgan fingerprint density at radius 2 is 1.00 bits per heavy atom. The minimum Gasteiger partial charge on any atom is -0.756 e. The molecule has 2 unspecified atom stereocenters. The summed E-state index contributed by atoms with van der Waals surface area (Å²) in [6.07, 6.45) is 52.6. The van der Waals surface area contributed by atoms with Gasteiger partial charge in [-0.1, -0.05) is 130 Å². The second kappa shape index (κ2) is 38.1. The standard InChI is InChI=1S/C46H76NO7P/c1-6-8-10-12-14-16-18-20-21-22-23-24-25-26-28-30-32-34-36-38-41-51-43-45(44-53-55(49,50)52-42-40-47(3,4)5)54-46(48)39-37-35-33-31-29-27-19-17-15-13-11-9-7-2/h8-11,14-17,20-21,23-24,26-29,32,34,45H,6-7,12-13,18-19,22,25,30-31,33,35-44H2,1-5H3/b10-8-,11-9-,16-14-,17-15-,21-20-,24-23-,28-26-,29-27-,34-32-. The summed E-state index contributed by atoms with van der Waals surface area (Å²) in [6, 6.07) is 0. The molecule has 0 aromatic rings. The van der Waals surface area contributed by atoms with Crippen LogP contribution in [0.2, 0.25) is 0 Å². The molecule has 0 saturated heterocycles. The summed E-state index contributed by atoms with van der Waals surface area (Å²) >= 11 is 0. The molecule has 0 aliphatic heterocycles. The highest BCUT2D eigenvalue weighted by atomic mass is 31.2. The number of carbonyl (C=O) groups is 1. The minimum absolute atomic E-state index is 0.00234. The molecule has 0 saturated carbocycles. The summed E-state index contributed by atoms with van der Waals surface area (Å²) in [6.45, 7) is 4.93. The van der Waals surface area contributed by atoms with Crippen LogP contribution in [0.4, 0.5) is 0 Å². The molecule has 2 atom stereocenters. The van der Waals surface area contributed by atoms with Gasteiger partial charge in [-0.25, -0.2) is 0 Å². The van der Waals surface area contributed by atoms with Crippen molar-refractivity contribution in [3.05, 3.63) is 109 Å². The molecule has 0 N–H and O–H groups in total. The molecule has 0 spiro atoms. The van der Waals surface area contributed by atoms with Gasteiger partial charge >= 0.3 is 5.97 Å². The Bertz CT molecular complexity index is 1240. The molecule has 55 heavy (non-hydrogen) atoms. The van der Waals surface area contributed by atoms with Gasteiger partial charge in [0, 0.05) is 13.0 Å². The quantitative estimate of drug-likeness (QED) is 0.0205. The van der Waals surface area contributed by atoms with Crippen molar-refractivity contribution in [2.75, 3.05) is 54.1 Å². The number of rotatable bonds is 36. The van der Waals surface area contributed by atoms with Crippen LogP contribution in [0.15, 0.2) is 109 Å². The van der Waals surface area contributed by atoms with Crippen molar-refractivity contribution in [2.45, 2.75) is 123 Å². The second-order valence-corrected chi connectivity index (χ2v) is 15.6. The first kappa shape index (κ1) is 52.2. The van der Waals surface area contributed by atoms with Crippen molar-refractivity contribution in [1.82, 2.24) is 0 Å². The lowest BCUT2D eigenvalue weighted by molar-refractivity contribution is -0.870. The summed E-state index contributed by atoms with van der Waals surface area (Å²) < 4.78 is 34.4. The number of ether oxygens (including phenoxy) is 2. The fourth-order valence-corrected chi connectivity index (χ4v) is 5.42. The fourth-order valence-electron chi connectivity index (χ4n) is 4.69. The van der Waals surface area contributed by atoms with E-state index in [1.807, 2.05) is 21.1 Å². The zero-order valence-corrected chi connectivity index (χ0v) is 36.0. The van der Waals surface area contributed by atoms with Crippen LogP contribution in [-0.4, -0.2) is 70.7 Å². The highest BCUT2D eigenvalue weighted by Crippen LogP contribution is 2.38. The maximum absolute atomic E-state index is 12.6. The monoisotopic (exact) mass is 786 g/mol. The molecule has 0 aromatic heterocycles. The van der Waals surface area contributed by atoms with Crippen LogP contribution in [-0.2, 0) is 27.9 Å². The highest BCUT2D eigenvalue weighted by Gasteiger charge is 2.20. The van der Waals surface area contributed by atoms with Gasteiger partial charge in [0.2, 0.25) is 0 Å². The van der Waals surface area contributed by atoms with Crippen molar-refractivity contribution in [1.29, 1.82) is 0 Å². The van der Waals surface area contributed by atoms with Crippen LogP contribution >= 0.6 is 7.82 Å². The average molecular weight is 786 g/mol. The number of allylic oxidation sites excluding steroid dienone is 18. The molecule has 0 bridgehead atoms. The van der Waals surface area contributed by atoms with Crippen molar-refractivity contribution < 1.29 is 37.3 Å². The van der Waals surface area contributed by atoms with Crippen molar-refractivity contribution >= 4 is 13.8 Å². The lowest BCUT2D eigenvalue weighted by Gasteiger charge is -2.28. The molecular weight excluding hydrogens is 709 g/mol. The van der Waals surface area contributed by atoms with Gasteiger partial charge in [0.25, 0.3) is 7.82 Å². The largest absolute Gasteiger partial charge is 0.756 e. The van der Waals surface area contributed by atoms with E-state index >= 15 is 0 Å². The first-order valence-corrected chi connectivity index (χ1v) is 22.1. The summed E-state index contributed by atoms with van der Waals surface area (Å²) in [5.41, 5.74) is 0. The molecule has 0 fully saturated rings. The minimum atomic E-state index is -4.55. The number of esters is 1. The van der Waals surface area contributed by atoms with Crippen LogP contribution in [0.25, 0.3) is 0 Å². The molecule has 0 amide bonds. The first-order valence-electron chi connectivity index (χ1n) is 20.6. The van der Waals surface area contributed by atoms with Crippen LogP contribution in [0.3, 0.4) is 0 Å². The zero-order chi connectivity index (χ0) is 40.6. The SMILES string of the molecule is CC/C=C\C/C=C\C/C=C\C/C=C\C/C=C\C/C=C\CCCOCC(COP(=O)([O-])OCC[N+](C)(C)C)OC(=O)CCCCC/C=C\C/C=C\C/C=C\CC. The summed E-state index contributed by atoms with van der Waals surface area (Å²) in [7, 11) is 1.28. The molecular formula is C46H76NO7P. The number of carbonyl (C=O) groups excluding carboxylic acids is 1. The van der Waals surface area contributed by atoms with Crippen molar-refractivity contribution in [2.24, 2.45) is 0 Å². The van der Waals surface area contributed by atoms with Gasteiger partial charge < -0.3 is 27.9 Å². The number of hydrogen-bond donors (Lipinski definition) is 0. The third kappa shape index (κ3) is 42.1. The van der Waals surface area contributed by atoms with Gasteiger partial charge in [-0.2, -0.15) is 0 Å². The summed E-state index contributed by atoms with van der Waals surface area (Å²) in [4.78, 5) is 25.0. The predicted octanol–water partition coefficient (Wildman–Crippen LogP) is 11.4. The van der Waals surface area contributed by atoms with Gasteiger partial charge in [-0.3, -0.25) is 9.36 Å². The van der Waals surface area contributed by atoms with Crippen LogP contribution in [0.5, 0.6) is 0 Å². The number of unbranched alkanes of at least 4 members (excludes halogenated alkanes) is 4. The molecule has 312 valence electrons. The van der Waals surface area contributed by atoms with E-state index < -0.39 is 13.9 Å². The number of likely N-dealkylation sites (N-methyl/N-ethyl adjacent to an activating group) is 1. The van der Waals surface area contributed by atoms with E-state index in [0.29, 0.717) is 24.1 Å². The molecule has 0 aromatic carbocycles.